The zero-order chi connectivity index (χ0) is 12.8. The molecule has 0 saturated carbocycles. The average Bonchev–Trinajstić information content (AvgIpc) is 2.22. The number of hydrogen-bond donors (Lipinski definition) is 1. The van der Waals surface area contributed by atoms with Crippen molar-refractivity contribution in [2.24, 2.45) is 5.73 Å². The number of aromatic nitrogens is 2. The maximum Gasteiger partial charge on any atom is 0.236 e. The van der Waals surface area contributed by atoms with Crippen LogP contribution in [0, 0.1) is 6.92 Å². The number of nitrogens with two attached hydrogens (primary N) is 1. The molecule has 1 rings (SSSR count). The van der Waals surface area contributed by atoms with Crippen molar-refractivity contribution < 1.29 is 4.79 Å². The molecule has 1 heterocycles. The first kappa shape index (κ1) is 13.9. The van der Waals surface area contributed by atoms with Crippen molar-refractivity contribution in [3.63, 3.8) is 0 Å². The lowest BCUT2D eigenvalue weighted by molar-refractivity contribution is -0.116. The molecule has 0 bridgehead atoms. The van der Waals surface area contributed by atoms with Crippen LogP contribution in [-0.4, -0.2) is 29.0 Å². The van der Waals surface area contributed by atoms with Gasteiger partial charge in [-0.05, 0) is 29.3 Å². The minimum absolute atomic E-state index is 0.183. The Balaban J connectivity index is 2.90. The molecule has 6 heteroatoms. The van der Waals surface area contributed by atoms with Gasteiger partial charge in [0, 0.05) is 12.6 Å². The van der Waals surface area contributed by atoms with Crippen LogP contribution >= 0.6 is 15.9 Å². The van der Waals surface area contributed by atoms with Crippen molar-refractivity contribution in [3.05, 3.63) is 16.5 Å². The summed E-state index contributed by atoms with van der Waals surface area (Å²) in [5.41, 5.74) is 5.24. The van der Waals surface area contributed by atoms with Crippen molar-refractivity contribution in [1.82, 2.24) is 9.97 Å². The van der Waals surface area contributed by atoms with Gasteiger partial charge >= 0.3 is 0 Å². The van der Waals surface area contributed by atoms with Crippen LogP contribution in [0.3, 0.4) is 0 Å². The Morgan fingerprint density at radius 2 is 2.24 bits per heavy atom. The van der Waals surface area contributed by atoms with E-state index in [1.165, 1.54) is 0 Å². The summed E-state index contributed by atoms with van der Waals surface area (Å²) in [4.78, 5) is 21.4. The number of aryl methyl sites for hydroxylation is 1. The molecule has 0 aromatic carbocycles. The minimum Gasteiger partial charge on any atom is -0.368 e. The summed E-state index contributed by atoms with van der Waals surface area (Å²) in [7, 11) is 0. The number of amides is 1. The summed E-state index contributed by atoms with van der Waals surface area (Å²) in [5.74, 6) is 1.05. The summed E-state index contributed by atoms with van der Waals surface area (Å²) >= 11 is 3.32. The first-order chi connectivity index (χ1) is 8.02. The largest absolute Gasteiger partial charge is 0.368 e. The molecular weight excluding hydrogens is 284 g/mol. The topological polar surface area (TPSA) is 72.1 Å². The highest BCUT2D eigenvalue weighted by molar-refractivity contribution is 9.10. The molecule has 2 N–H and O–H groups in total. The number of unbranched alkanes of at least 4 members (excludes halogenated alkanes) is 1. The van der Waals surface area contributed by atoms with Gasteiger partial charge < -0.3 is 10.6 Å². The second kappa shape index (κ2) is 6.54. The quantitative estimate of drug-likeness (QED) is 0.811. The molecule has 0 aliphatic rings. The maximum atomic E-state index is 11.0. The minimum atomic E-state index is -0.353. The molecule has 0 aliphatic carbocycles. The van der Waals surface area contributed by atoms with Crippen molar-refractivity contribution in [1.29, 1.82) is 0 Å². The zero-order valence-electron chi connectivity index (χ0n) is 10.1. The lowest BCUT2D eigenvalue weighted by Crippen LogP contribution is -2.35. The van der Waals surface area contributed by atoms with Gasteiger partial charge in [0.05, 0.1) is 6.54 Å². The Kier molecular flexibility index (Phi) is 5.34. The number of halogens is 1. The van der Waals surface area contributed by atoms with Gasteiger partial charge in [0.1, 0.15) is 16.2 Å². The molecule has 5 nitrogen and oxygen atoms in total. The third-order valence-electron chi connectivity index (χ3n) is 2.25. The lowest BCUT2D eigenvalue weighted by Gasteiger charge is -2.22. The highest BCUT2D eigenvalue weighted by Crippen LogP contribution is 2.16. The van der Waals surface area contributed by atoms with E-state index in [1.807, 2.05) is 11.8 Å². The van der Waals surface area contributed by atoms with Crippen LogP contribution < -0.4 is 10.6 Å². The fourth-order valence-electron chi connectivity index (χ4n) is 1.49. The van der Waals surface area contributed by atoms with E-state index in [2.05, 4.69) is 32.8 Å². The number of nitrogens with zero attached hydrogens (tertiary/aromatic N) is 3. The van der Waals surface area contributed by atoms with Crippen molar-refractivity contribution in [2.75, 3.05) is 18.0 Å². The van der Waals surface area contributed by atoms with Crippen LogP contribution in [-0.2, 0) is 4.79 Å². The first-order valence-electron chi connectivity index (χ1n) is 5.57. The molecule has 1 amide bonds. The summed E-state index contributed by atoms with van der Waals surface area (Å²) < 4.78 is 0.714. The van der Waals surface area contributed by atoms with Crippen LogP contribution in [0.2, 0.25) is 0 Å². The highest BCUT2D eigenvalue weighted by atomic mass is 79.9. The van der Waals surface area contributed by atoms with Gasteiger partial charge in [0.2, 0.25) is 5.91 Å². The van der Waals surface area contributed by atoms with E-state index in [4.69, 9.17) is 5.73 Å². The molecule has 0 unspecified atom stereocenters. The number of primary amides is 1. The van der Waals surface area contributed by atoms with E-state index in [-0.39, 0.29) is 12.5 Å². The van der Waals surface area contributed by atoms with Crippen LogP contribution in [0.1, 0.15) is 25.6 Å². The smallest absolute Gasteiger partial charge is 0.236 e. The van der Waals surface area contributed by atoms with Crippen LogP contribution in [0.25, 0.3) is 0 Å². The fourth-order valence-corrected chi connectivity index (χ4v) is 1.95. The summed E-state index contributed by atoms with van der Waals surface area (Å²) in [6.07, 6.45) is 2.05. The van der Waals surface area contributed by atoms with Gasteiger partial charge in [-0.1, -0.05) is 13.3 Å². The third kappa shape index (κ3) is 4.68. The molecule has 17 heavy (non-hydrogen) atoms. The number of carbonyl (C=O) groups excluding carboxylic acids is 1. The molecule has 1 aromatic heterocycles. The fraction of sp³-hybridized carbons (Fsp3) is 0.545. The van der Waals surface area contributed by atoms with Gasteiger partial charge in [-0.3, -0.25) is 4.79 Å². The van der Waals surface area contributed by atoms with E-state index in [9.17, 15) is 4.79 Å². The summed E-state index contributed by atoms with van der Waals surface area (Å²) in [6, 6.07) is 1.80. The van der Waals surface area contributed by atoms with E-state index < -0.39 is 0 Å². The Morgan fingerprint density at radius 3 is 2.76 bits per heavy atom. The molecule has 94 valence electrons. The van der Waals surface area contributed by atoms with Gasteiger partial charge in [-0.15, -0.1) is 0 Å². The molecule has 0 spiro atoms. The molecule has 0 radical (unpaired) electrons. The van der Waals surface area contributed by atoms with E-state index in [1.54, 1.807) is 6.07 Å². The Morgan fingerprint density at radius 1 is 1.53 bits per heavy atom. The monoisotopic (exact) mass is 300 g/mol. The number of hydrogen-bond acceptors (Lipinski definition) is 4. The van der Waals surface area contributed by atoms with E-state index in [0.29, 0.717) is 10.4 Å². The molecule has 0 aliphatic heterocycles. The van der Waals surface area contributed by atoms with Gasteiger partial charge in [-0.25, -0.2) is 9.97 Å². The number of anilines is 1. The Bertz CT molecular complexity index is 377. The van der Waals surface area contributed by atoms with Crippen molar-refractivity contribution in [3.8, 4) is 0 Å². The Labute approximate surface area is 110 Å². The standard InChI is InChI=1S/C11H17BrN4O/c1-3-4-5-16(7-10(13)17)11-6-9(12)14-8(2)15-11/h6H,3-5,7H2,1-2H3,(H2,13,17). The normalized spacial score (nSPS) is 10.3. The first-order valence-corrected chi connectivity index (χ1v) is 6.36. The second-order valence-electron chi connectivity index (χ2n) is 3.84. The zero-order valence-corrected chi connectivity index (χ0v) is 11.7. The average molecular weight is 301 g/mol. The van der Waals surface area contributed by atoms with Crippen LogP contribution in [0.5, 0.6) is 0 Å². The van der Waals surface area contributed by atoms with Gasteiger partial charge in [0.15, 0.2) is 0 Å². The van der Waals surface area contributed by atoms with Crippen LogP contribution in [0.4, 0.5) is 5.82 Å². The molecule has 0 atom stereocenters. The van der Waals surface area contributed by atoms with Crippen molar-refractivity contribution in [2.45, 2.75) is 26.7 Å². The highest BCUT2D eigenvalue weighted by Gasteiger charge is 2.11. The molecule has 0 fully saturated rings. The van der Waals surface area contributed by atoms with Crippen molar-refractivity contribution >= 4 is 27.7 Å². The van der Waals surface area contributed by atoms with Crippen LogP contribution in [0.15, 0.2) is 10.7 Å². The lowest BCUT2D eigenvalue weighted by atomic mass is 10.3. The maximum absolute atomic E-state index is 11.0. The predicted octanol–water partition coefficient (Wildman–Crippen LogP) is 1.64. The number of rotatable bonds is 6. The SMILES string of the molecule is CCCCN(CC(N)=O)c1cc(Br)nc(C)n1. The third-order valence-corrected chi connectivity index (χ3v) is 2.65. The molecular formula is C11H17BrN4O. The molecule has 0 saturated heterocycles. The van der Waals surface area contributed by atoms with Gasteiger partial charge in [-0.2, -0.15) is 0 Å². The van der Waals surface area contributed by atoms with E-state index >= 15 is 0 Å². The summed E-state index contributed by atoms with van der Waals surface area (Å²) in [5, 5.41) is 0. The van der Waals surface area contributed by atoms with Gasteiger partial charge in [0.25, 0.3) is 0 Å². The second-order valence-corrected chi connectivity index (χ2v) is 4.65. The summed E-state index contributed by atoms with van der Waals surface area (Å²) in [6.45, 7) is 4.87. The Hall–Kier alpha value is -1.17. The van der Waals surface area contributed by atoms with E-state index in [0.717, 1.165) is 25.2 Å². The predicted molar refractivity (Wildman–Crippen MR) is 70.8 cm³/mol. The number of carbonyl (C=O) groups is 1. The molecule has 1 aromatic rings.